The van der Waals surface area contributed by atoms with Crippen molar-refractivity contribution < 1.29 is 18.7 Å². The molecule has 1 N–H and O–H groups in total. The second kappa shape index (κ2) is 4.74. The number of hydrogen-bond acceptors (Lipinski definition) is 6. The van der Waals surface area contributed by atoms with Crippen LogP contribution in [0.3, 0.4) is 0 Å². The first-order valence-electron chi connectivity index (χ1n) is 5.96. The Balaban J connectivity index is 1.64. The zero-order valence-electron chi connectivity index (χ0n) is 10.4. The van der Waals surface area contributed by atoms with Crippen LogP contribution in [0.5, 0.6) is 11.5 Å². The van der Waals surface area contributed by atoms with Gasteiger partial charge < -0.3 is 13.9 Å². The Kier molecular flexibility index (Phi) is 2.86. The highest BCUT2D eigenvalue weighted by atomic mass is 79.9. The molecule has 0 saturated heterocycles. The molecule has 4 rings (SSSR count). The van der Waals surface area contributed by atoms with E-state index in [1.165, 1.54) is 11.3 Å². The number of benzene rings is 1. The molecule has 1 aromatic carbocycles. The number of carbonyl (C=O) groups is 1. The van der Waals surface area contributed by atoms with Gasteiger partial charge in [-0.3, -0.25) is 10.1 Å². The molecule has 0 spiro atoms. The van der Waals surface area contributed by atoms with Gasteiger partial charge in [-0.15, -0.1) is 0 Å². The van der Waals surface area contributed by atoms with Gasteiger partial charge in [0.25, 0.3) is 5.91 Å². The minimum absolute atomic E-state index is 0.218. The second-order valence-electron chi connectivity index (χ2n) is 4.25. The van der Waals surface area contributed by atoms with Gasteiger partial charge in [0, 0.05) is 12.1 Å². The zero-order valence-corrected chi connectivity index (χ0v) is 12.8. The van der Waals surface area contributed by atoms with E-state index in [0.717, 1.165) is 10.2 Å². The molecule has 0 bridgehead atoms. The molecule has 0 atom stereocenters. The fourth-order valence-corrected chi connectivity index (χ4v) is 3.14. The van der Waals surface area contributed by atoms with Crippen LogP contribution in [0.15, 0.2) is 33.4 Å². The molecule has 21 heavy (non-hydrogen) atoms. The SMILES string of the molecule is O=C(Nc1nc2cc3c(cc2s1)OCO3)c1ccc(Br)o1. The summed E-state index contributed by atoms with van der Waals surface area (Å²) in [6.45, 7) is 0.226. The first kappa shape index (κ1) is 12.7. The third-order valence-corrected chi connectivity index (χ3v) is 4.26. The van der Waals surface area contributed by atoms with Crippen LogP contribution in [0.4, 0.5) is 5.13 Å². The lowest BCUT2D eigenvalue weighted by atomic mass is 10.3. The molecule has 3 heterocycles. The summed E-state index contributed by atoms with van der Waals surface area (Å²) in [5.41, 5.74) is 0.750. The minimum atomic E-state index is -0.347. The normalized spacial score (nSPS) is 12.8. The Morgan fingerprint density at radius 2 is 2.10 bits per heavy atom. The maximum Gasteiger partial charge on any atom is 0.293 e. The number of anilines is 1. The van der Waals surface area contributed by atoms with Crippen LogP contribution in [0.2, 0.25) is 0 Å². The fourth-order valence-electron chi connectivity index (χ4n) is 1.97. The molecule has 1 aliphatic heterocycles. The predicted molar refractivity (Wildman–Crippen MR) is 80.1 cm³/mol. The predicted octanol–water partition coefficient (Wildman–Crippen LogP) is 3.63. The highest BCUT2D eigenvalue weighted by molar-refractivity contribution is 9.10. The van der Waals surface area contributed by atoms with Crippen molar-refractivity contribution in [2.24, 2.45) is 0 Å². The summed E-state index contributed by atoms with van der Waals surface area (Å²) < 4.78 is 17.2. The summed E-state index contributed by atoms with van der Waals surface area (Å²) >= 11 is 4.52. The Bertz CT molecular complexity index is 816. The molecule has 0 fully saturated rings. The van der Waals surface area contributed by atoms with Gasteiger partial charge in [-0.05, 0) is 28.1 Å². The van der Waals surface area contributed by atoms with Gasteiger partial charge in [0.15, 0.2) is 27.1 Å². The van der Waals surface area contributed by atoms with Crippen molar-refractivity contribution in [3.8, 4) is 11.5 Å². The smallest absolute Gasteiger partial charge is 0.293 e. The highest BCUT2D eigenvalue weighted by Gasteiger charge is 2.18. The van der Waals surface area contributed by atoms with E-state index in [9.17, 15) is 4.79 Å². The number of halogens is 1. The van der Waals surface area contributed by atoms with Crippen LogP contribution in [0.1, 0.15) is 10.6 Å². The maximum atomic E-state index is 12.0. The number of aromatic nitrogens is 1. The van der Waals surface area contributed by atoms with Crippen LogP contribution in [-0.4, -0.2) is 17.7 Å². The molecule has 0 unspecified atom stereocenters. The van der Waals surface area contributed by atoms with E-state index in [1.807, 2.05) is 6.07 Å². The van der Waals surface area contributed by atoms with Gasteiger partial charge in [0.1, 0.15) is 0 Å². The first-order chi connectivity index (χ1) is 10.2. The Morgan fingerprint density at radius 1 is 1.29 bits per heavy atom. The standard InChI is InChI=1S/C13H7BrN2O4S/c14-11-2-1-7(20-11)12(17)16-13-15-6-3-8-9(19-5-18-8)4-10(6)21-13/h1-4H,5H2,(H,15,16,17). The summed E-state index contributed by atoms with van der Waals surface area (Å²) in [5.74, 6) is 1.23. The number of thiazole rings is 1. The summed E-state index contributed by atoms with van der Waals surface area (Å²) in [7, 11) is 0. The average Bonchev–Trinajstić information content (AvgIpc) is 3.14. The maximum absolute atomic E-state index is 12.0. The number of ether oxygens (including phenoxy) is 2. The molecular weight excluding hydrogens is 360 g/mol. The van der Waals surface area contributed by atoms with Crippen molar-refractivity contribution in [2.45, 2.75) is 0 Å². The molecule has 0 saturated carbocycles. The van der Waals surface area contributed by atoms with E-state index in [2.05, 4.69) is 26.2 Å². The van der Waals surface area contributed by atoms with E-state index in [-0.39, 0.29) is 18.5 Å². The Hall–Kier alpha value is -2.06. The van der Waals surface area contributed by atoms with E-state index >= 15 is 0 Å². The van der Waals surface area contributed by atoms with Crippen LogP contribution in [0, 0.1) is 0 Å². The van der Waals surface area contributed by atoms with Gasteiger partial charge in [-0.2, -0.15) is 0 Å². The lowest BCUT2D eigenvalue weighted by Crippen LogP contribution is -2.10. The lowest BCUT2D eigenvalue weighted by Gasteiger charge is -1.96. The summed E-state index contributed by atoms with van der Waals surface area (Å²) in [4.78, 5) is 16.4. The van der Waals surface area contributed by atoms with Crippen LogP contribution < -0.4 is 14.8 Å². The number of nitrogens with zero attached hydrogens (tertiary/aromatic N) is 1. The number of rotatable bonds is 2. The molecule has 3 aromatic rings. The van der Waals surface area contributed by atoms with Gasteiger partial charge in [-0.25, -0.2) is 4.98 Å². The zero-order chi connectivity index (χ0) is 14.4. The number of amides is 1. The molecule has 2 aromatic heterocycles. The molecule has 1 amide bonds. The number of carbonyl (C=O) groups excluding carboxylic acids is 1. The molecule has 8 heteroatoms. The average molecular weight is 367 g/mol. The van der Waals surface area contributed by atoms with E-state index in [1.54, 1.807) is 18.2 Å². The van der Waals surface area contributed by atoms with E-state index in [0.29, 0.717) is 21.3 Å². The topological polar surface area (TPSA) is 73.6 Å². The minimum Gasteiger partial charge on any atom is -0.454 e. The summed E-state index contributed by atoms with van der Waals surface area (Å²) in [6, 6.07) is 6.90. The van der Waals surface area contributed by atoms with Gasteiger partial charge in [0.05, 0.1) is 10.2 Å². The second-order valence-corrected chi connectivity index (χ2v) is 6.06. The van der Waals surface area contributed by atoms with Crippen LogP contribution in [-0.2, 0) is 0 Å². The van der Waals surface area contributed by atoms with Crippen molar-refractivity contribution >= 4 is 48.5 Å². The molecule has 0 aliphatic carbocycles. The van der Waals surface area contributed by atoms with Crippen molar-refractivity contribution in [1.29, 1.82) is 0 Å². The molecular formula is C13H7BrN2O4S. The largest absolute Gasteiger partial charge is 0.454 e. The number of furan rings is 1. The van der Waals surface area contributed by atoms with Gasteiger partial charge in [0.2, 0.25) is 6.79 Å². The van der Waals surface area contributed by atoms with Gasteiger partial charge in [-0.1, -0.05) is 11.3 Å². The number of nitrogens with one attached hydrogen (secondary N) is 1. The van der Waals surface area contributed by atoms with Gasteiger partial charge >= 0.3 is 0 Å². The van der Waals surface area contributed by atoms with Crippen molar-refractivity contribution in [3.63, 3.8) is 0 Å². The molecule has 6 nitrogen and oxygen atoms in total. The summed E-state index contributed by atoms with van der Waals surface area (Å²) in [6.07, 6.45) is 0. The van der Waals surface area contributed by atoms with Crippen molar-refractivity contribution in [2.75, 3.05) is 12.1 Å². The van der Waals surface area contributed by atoms with Crippen LogP contribution in [0.25, 0.3) is 10.2 Å². The molecule has 0 radical (unpaired) electrons. The third-order valence-electron chi connectivity index (χ3n) is 2.90. The quantitative estimate of drug-likeness (QED) is 0.749. The monoisotopic (exact) mass is 366 g/mol. The fraction of sp³-hybridized carbons (Fsp3) is 0.0769. The lowest BCUT2D eigenvalue weighted by molar-refractivity contribution is 0.0995. The number of hydrogen-bond donors (Lipinski definition) is 1. The highest BCUT2D eigenvalue weighted by Crippen LogP contribution is 2.39. The van der Waals surface area contributed by atoms with E-state index in [4.69, 9.17) is 13.9 Å². The number of fused-ring (bicyclic) bond motifs is 2. The molecule has 106 valence electrons. The van der Waals surface area contributed by atoms with Crippen molar-refractivity contribution in [3.05, 3.63) is 34.7 Å². The van der Waals surface area contributed by atoms with E-state index < -0.39 is 0 Å². The first-order valence-corrected chi connectivity index (χ1v) is 7.57. The Morgan fingerprint density at radius 3 is 2.86 bits per heavy atom. The third kappa shape index (κ3) is 2.26. The van der Waals surface area contributed by atoms with Crippen LogP contribution >= 0.6 is 27.3 Å². The summed E-state index contributed by atoms with van der Waals surface area (Å²) in [5, 5.41) is 3.20. The van der Waals surface area contributed by atoms with Crippen molar-refractivity contribution in [1.82, 2.24) is 4.98 Å². The molecule has 1 aliphatic rings. The Labute approximate surface area is 130 Å².